The van der Waals surface area contributed by atoms with Crippen molar-refractivity contribution in [3.63, 3.8) is 0 Å². The lowest BCUT2D eigenvalue weighted by Gasteiger charge is -2.31. The smallest absolute Gasteiger partial charge is 0.408 e. The molecule has 141 heavy (non-hydrogen) atoms. The number of aromatic nitrogens is 6. The summed E-state index contributed by atoms with van der Waals surface area (Å²) < 4.78 is 41.5. The van der Waals surface area contributed by atoms with Crippen molar-refractivity contribution in [2.45, 2.75) is 269 Å². The molecule has 2 aromatic heterocycles. The Morgan fingerprint density at radius 1 is 0.383 bits per heavy atom. The Balaban J connectivity index is 0.000000844. The van der Waals surface area contributed by atoms with Gasteiger partial charge in [-0.05, 0) is 233 Å². The van der Waals surface area contributed by atoms with Gasteiger partial charge in [0.1, 0.15) is 48.2 Å². The minimum Gasteiger partial charge on any atom is -0.481 e. The Labute approximate surface area is 830 Å². The first-order valence-corrected chi connectivity index (χ1v) is 46.6. The molecular weight excluding hydrogens is 1870 g/mol. The SMILES string of the molecule is CC(C)(C)OC(=O)N[C@@H](CCC(=O)O)C(=O)O.CN1CCNCC1.CO.COC(=O)CC[C@H](N)C(=O)N1CCCCC1.COC(=O)CC[C@H](NC(=O)OC(C)(C)C)C(=O)N1CCCCC1.COC(=O)CC[C@H](NC(=O)OC(C)(C)C)C(=O)O.COC(=O)CC[C@H](NC(=O)c1ccc(-n2ccnn2)cc1)C(=O)N1CCCCC1.O=C(O)CC[C@H](NC(=O)c1ccc(-n2ccnn2)cc1)C(=O)N1CCCCC1.[2H]Cl. The van der Waals surface area contributed by atoms with E-state index >= 15 is 0 Å². The monoisotopic (exact) mass is 2020 g/mol. The minimum atomic E-state index is -1.29. The molecule has 2 aromatic carbocycles. The second-order valence-electron chi connectivity index (χ2n) is 35.6. The summed E-state index contributed by atoms with van der Waals surface area (Å²) in [6.07, 6.45) is 16.7. The predicted octanol–water partition coefficient (Wildman–Crippen LogP) is 6.00. The lowest BCUT2D eigenvalue weighted by Crippen LogP contribution is -2.51. The van der Waals surface area contributed by atoms with Crippen LogP contribution in [0.1, 0.15) is 237 Å². The number of methoxy groups -OCH3 is 4. The fraction of sp³-hybridized carbons (Fsp3) is 0.645. The highest BCUT2D eigenvalue weighted by Gasteiger charge is 2.34. The van der Waals surface area contributed by atoms with Crippen LogP contribution in [-0.2, 0) is 90.7 Å². The van der Waals surface area contributed by atoms with Crippen molar-refractivity contribution in [3.8, 4) is 11.4 Å². The number of hydrogen-bond acceptors (Lipinski definition) is 32. The van der Waals surface area contributed by atoms with E-state index in [1.165, 1.54) is 47.9 Å². The van der Waals surface area contributed by atoms with Gasteiger partial charge in [0.2, 0.25) is 23.6 Å². The third kappa shape index (κ3) is 55.1. The number of nitrogens with one attached hydrogen (secondary N) is 6. The number of nitrogens with two attached hydrogens (primary N) is 1. The molecule has 4 aromatic rings. The van der Waals surface area contributed by atoms with Gasteiger partial charge in [-0.1, -0.05) is 10.4 Å². The van der Waals surface area contributed by atoms with Gasteiger partial charge in [-0.2, -0.15) is 0 Å². The number of likely N-dealkylation sites (tertiary alicyclic amines) is 4. The number of carboxylic acids is 4. The number of piperazine rings is 1. The van der Waals surface area contributed by atoms with Crippen LogP contribution in [0.15, 0.2) is 73.3 Å². The fourth-order valence-corrected chi connectivity index (χ4v) is 13.6. The predicted molar refractivity (Wildman–Crippen MR) is 514 cm³/mol. The maximum absolute atomic E-state index is 12.9. The number of nitrogens with zero attached hydrogens (tertiary/aromatic N) is 11. The van der Waals surface area contributed by atoms with E-state index in [0.29, 0.717) is 56.8 Å². The molecular formula is C93H149ClN18O29. The van der Waals surface area contributed by atoms with Crippen LogP contribution in [0.25, 0.3) is 11.4 Å². The van der Waals surface area contributed by atoms with Gasteiger partial charge >= 0.3 is 66.0 Å². The maximum Gasteiger partial charge on any atom is 0.408 e. The quantitative estimate of drug-likeness (QED) is 0.0192. The summed E-state index contributed by atoms with van der Waals surface area (Å²) in [4.78, 5) is 207. The molecule has 0 aliphatic carbocycles. The Morgan fingerprint density at radius 3 is 0.887 bits per heavy atom. The molecule has 6 atom stereocenters. The van der Waals surface area contributed by atoms with E-state index in [9.17, 15) is 81.5 Å². The van der Waals surface area contributed by atoms with Gasteiger partial charge in [0.15, 0.2) is 0 Å². The second kappa shape index (κ2) is 68.4. The van der Waals surface area contributed by atoms with Crippen molar-refractivity contribution in [3.05, 3.63) is 84.4 Å². The molecule has 0 unspecified atom stereocenters. The minimum absolute atomic E-state index is 0.0383. The maximum atomic E-state index is 12.9. The lowest BCUT2D eigenvalue weighted by molar-refractivity contribution is -0.143. The van der Waals surface area contributed by atoms with Crippen LogP contribution < -0.4 is 37.6 Å². The van der Waals surface area contributed by atoms with Gasteiger partial charge < -0.3 is 121 Å². The molecule has 0 radical (unpaired) electrons. The number of halogens is 1. The number of aliphatic hydroxyl groups excluding tert-OH is 1. The van der Waals surface area contributed by atoms with Crippen LogP contribution >= 0.6 is 12.3 Å². The highest BCUT2D eigenvalue weighted by molar-refractivity contribution is 5.99. The van der Waals surface area contributed by atoms with Gasteiger partial charge in [-0.15, -0.1) is 22.5 Å². The van der Waals surface area contributed by atoms with Crippen molar-refractivity contribution < 1.29 is 140 Å². The van der Waals surface area contributed by atoms with Gasteiger partial charge in [0.05, 0.1) is 70.6 Å². The first-order chi connectivity index (χ1) is 67.2. The molecule has 5 saturated heterocycles. The molecule has 0 bridgehead atoms. The first kappa shape index (κ1) is 124. The summed E-state index contributed by atoms with van der Waals surface area (Å²) >= 11 is 3.89. The zero-order chi connectivity index (χ0) is 107. The number of carbonyl (C=O) groups excluding carboxylic acids is 13. The number of rotatable bonds is 33. The number of amides is 9. The standard InChI is InChI=1S/C20H25N5O4.C19H23N5O4.C16H28N2O5.C11H20N2O3.C11H19NO6.C10H17NO6.C5H12N2.CH4O.ClH/c1-29-18(26)10-9-17(20(28)24-12-3-2-4-13-24)22-19(27)15-5-7-16(8-6-15)25-14-11-21-23-25;25-17(26)9-8-16(19(28)23-11-2-1-3-12-23)21-18(27)14-4-6-15(7-5-14)24-13-10-20-22-24;1-16(2,3)23-15(21)17-12(8-9-13(19)22-4)14(20)18-10-6-5-7-11-18;1-16-10(14)6-5-9(12)11(15)13-7-3-2-4-8-13;1-11(2,3)18-10(16)12-7(9(14)15)5-6-8(13)17-4;1-10(2,3)17-9(16)11-6(8(14)15)4-5-7(12)13;1-7-4-2-6-3-5-7;1-2;/h5-8,11,14,17H,2-4,9-10,12-13H2,1H3,(H,22,27);4-7,10,13,16H,1-3,8-9,11-12H2,(H,21,27)(H,25,26);12H,5-11H2,1-4H3,(H,17,21);9H,2-8,12H2,1H3;7H,5-6H2,1-4H3,(H,12,16)(H,14,15);6H,4-5H2,1-3H3,(H,11,16)(H,12,13)(H,14,15);6H,2-5H2,1H3;2H,1H3;1H/t17-;16-;12-;9-;7-;6-;;;/m000000.../s1/i/hD. The second-order valence-corrected chi connectivity index (χ2v) is 35.6. The number of aliphatic hydroxyl groups is 1. The Kier molecular flexibility index (Phi) is 60.3. The van der Waals surface area contributed by atoms with Crippen LogP contribution in [0.3, 0.4) is 0 Å². The van der Waals surface area contributed by atoms with Gasteiger partial charge in [-0.25, -0.2) is 33.3 Å². The van der Waals surface area contributed by atoms with Crippen molar-refractivity contribution >= 4 is 114 Å². The molecule has 0 saturated carbocycles. The van der Waals surface area contributed by atoms with Gasteiger partial charge in [0.25, 0.3) is 11.8 Å². The van der Waals surface area contributed by atoms with E-state index in [1.807, 2.05) is 0 Å². The van der Waals surface area contributed by atoms with E-state index in [-0.39, 0.29) is 106 Å². The molecule has 0 spiro atoms. The summed E-state index contributed by atoms with van der Waals surface area (Å²) in [6.45, 7) is 25.5. The number of ether oxygens (including phenoxy) is 7. The number of alkyl carbamates (subject to hydrolysis) is 3. The van der Waals surface area contributed by atoms with Crippen molar-refractivity contribution in [2.24, 2.45) is 5.73 Å². The van der Waals surface area contributed by atoms with Crippen LogP contribution in [0.2, 0.25) is 0 Å². The number of aliphatic carboxylic acids is 4. The van der Waals surface area contributed by atoms with E-state index in [4.69, 9.17) is 46.6 Å². The molecule has 5 fully saturated rings. The van der Waals surface area contributed by atoms with Crippen LogP contribution in [0.4, 0.5) is 14.4 Å². The lowest BCUT2D eigenvalue weighted by atomic mass is 10.1. The highest BCUT2D eigenvalue weighted by atomic mass is 35.5. The van der Waals surface area contributed by atoms with Crippen LogP contribution in [-0.4, -0.2) is 357 Å². The van der Waals surface area contributed by atoms with E-state index in [2.05, 4.69) is 95.7 Å². The third-order valence-corrected chi connectivity index (χ3v) is 20.9. The normalized spacial score (nSPS) is 15.2. The highest BCUT2D eigenvalue weighted by Crippen LogP contribution is 2.21. The van der Waals surface area contributed by atoms with Gasteiger partial charge in [-0.3, -0.25) is 57.5 Å². The average Bonchev–Trinajstić information content (AvgIpc) is 1.25. The van der Waals surface area contributed by atoms with Crippen LogP contribution in [0, 0.1) is 0 Å². The Morgan fingerprint density at radius 2 is 0.638 bits per heavy atom. The summed E-state index contributed by atoms with van der Waals surface area (Å²) in [6, 6.07) is 8.12. The molecule has 9 rings (SSSR count). The average molecular weight is 2020 g/mol. The molecule has 5 aliphatic rings. The fourth-order valence-electron chi connectivity index (χ4n) is 13.6. The van der Waals surface area contributed by atoms with Crippen LogP contribution in [0.5, 0.6) is 0 Å². The van der Waals surface area contributed by atoms with Crippen molar-refractivity contribution in [2.75, 3.05) is 121 Å². The summed E-state index contributed by atoms with van der Waals surface area (Å²) in [5, 5.41) is 73.0. The summed E-state index contributed by atoms with van der Waals surface area (Å²) in [5.41, 5.74) is 5.98. The summed E-state index contributed by atoms with van der Waals surface area (Å²) in [5.74, 6) is -7.67. The zero-order valence-electron chi connectivity index (χ0n) is 84.8. The Bertz CT molecular complexity index is 4460. The molecule has 47 nitrogen and oxygen atoms in total. The number of piperidine rings is 4. The third-order valence-electron chi connectivity index (χ3n) is 20.9. The first-order valence-electron chi connectivity index (χ1n) is 47.0. The molecule has 792 valence electrons. The Hall–Kier alpha value is -12.8. The van der Waals surface area contributed by atoms with Gasteiger partial charge in [0, 0.05) is 135 Å². The molecule has 5 aliphatic heterocycles. The van der Waals surface area contributed by atoms with E-state index < -0.39 is 119 Å². The molecule has 48 heteroatoms. The molecule has 9 amide bonds. The molecule has 13 N–H and O–H groups in total. The topological polar surface area (TPSA) is 632 Å². The summed E-state index contributed by atoms with van der Waals surface area (Å²) in [7, 11) is 8.30. The number of esters is 4. The zero-order valence-corrected chi connectivity index (χ0v) is 84.5. The molecule has 7 heterocycles. The van der Waals surface area contributed by atoms with Crippen molar-refractivity contribution in [1.82, 2.24) is 86.4 Å². The number of carbonyl (C=O) groups is 17. The van der Waals surface area contributed by atoms with E-state index in [1.54, 1.807) is 165 Å². The van der Waals surface area contributed by atoms with E-state index in [0.717, 1.165) is 115 Å². The number of carboxylic acid groups (broad SMARTS) is 4. The number of benzene rings is 2. The van der Waals surface area contributed by atoms with Crippen molar-refractivity contribution in [1.29, 1.82) is 1.17 Å². The number of likely N-dealkylation sites (N-methyl/N-ethyl adjacent to an activating group) is 1. The number of hydrogen-bond donors (Lipinski definition) is 12. The largest absolute Gasteiger partial charge is 0.481 e.